The van der Waals surface area contributed by atoms with Crippen LogP contribution in [0, 0.1) is 6.92 Å². The molecule has 2 unspecified atom stereocenters. The molecule has 0 aliphatic carbocycles. The van der Waals surface area contributed by atoms with Crippen LogP contribution < -0.4 is 11.1 Å². The van der Waals surface area contributed by atoms with Gasteiger partial charge in [0.1, 0.15) is 5.54 Å². The Morgan fingerprint density at radius 1 is 1.56 bits per heavy atom. The average Bonchev–Trinajstić information content (AvgIpc) is 2.55. The van der Waals surface area contributed by atoms with E-state index < -0.39 is 5.54 Å². The monoisotopic (exact) mass is 247 g/mol. The van der Waals surface area contributed by atoms with Gasteiger partial charge in [-0.1, -0.05) is 12.1 Å². The smallest absolute Gasteiger partial charge is 0.244 e. The van der Waals surface area contributed by atoms with Crippen molar-refractivity contribution in [2.45, 2.75) is 31.8 Å². The van der Waals surface area contributed by atoms with Crippen molar-refractivity contribution < 1.29 is 4.79 Å². The molecular weight excluding hydrogens is 226 g/mol. The third-order valence-electron chi connectivity index (χ3n) is 3.79. The first-order valence-corrected chi connectivity index (χ1v) is 6.28. The summed E-state index contributed by atoms with van der Waals surface area (Å²) >= 11 is 0. The molecule has 0 spiro atoms. The summed E-state index contributed by atoms with van der Waals surface area (Å²) in [4.78, 5) is 14.0. The van der Waals surface area contributed by atoms with Gasteiger partial charge in [-0.25, -0.2) is 0 Å². The number of aryl methyl sites for hydroxylation is 1. The van der Waals surface area contributed by atoms with E-state index in [2.05, 4.69) is 17.1 Å². The number of anilines is 1. The van der Waals surface area contributed by atoms with Gasteiger partial charge in [0.15, 0.2) is 0 Å². The molecule has 2 atom stereocenters. The summed E-state index contributed by atoms with van der Waals surface area (Å²) in [6.45, 7) is 4.80. The number of carbonyl (C=O) groups excluding carboxylic acids is 1. The van der Waals surface area contributed by atoms with Crippen molar-refractivity contribution in [2.24, 2.45) is 5.73 Å². The van der Waals surface area contributed by atoms with Gasteiger partial charge >= 0.3 is 0 Å². The van der Waals surface area contributed by atoms with E-state index in [1.165, 1.54) is 5.56 Å². The maximum atomic E-state index is 11.8. The van der Waals surface area contributed by atoms with Crippen LogP contribution in [0.15, 0.2) is 24.3 Å². The number of carbonyl (C=O) groups is 1. The van der Waals surface area contributed by atoms with E-state index in [0.29, 0.717) is 12.6 Å². The summed E-state index contributed by atoms with van der Waals surface area (Å²) in [7, 11) is 2.02. The van der Waals surface area contributed by atoms with Gasteiger partial charge in [-0.2, -0.15) is 0 Å². The maximum absolute atomic E-state index is 11.8. The van der Waals surface area contributed by atoms with Crippen molar-refractivity contribution in [3.05, 3.63) is 29.8 Å². The third-order valence-corrected chi connectivity index (χ3v) is 3.79. The van der Waals surface area contributed by atoms with Crippen LogP contribution >= 0.6 is 0 Å². The highest BCUT2D eigenvalue weighted by atomic mass is 16.1. The van der Waals surface area contributed by atoms with Gasteiger partial charge in [-0.3, -0.25) is 4.79 Å². The van der Waals surface area contributed by atoms with Crippen LogP contribution in [0.2, 0.25) is 0 Å². The highest BCUT2D eigenvalue weighted by Gasteiger charge is 2.45. The van der Waals surface area contributed by atoms with Crippen LogP contribution in [-0.2, 0) is 4.79 Å². The van der Waals surface area contributed by atoms with Gasteiger partial charge in [0.05, 0.1) is 0 Å². The number of amides is 1. The fraction of sp³-hybridized carbons (Fsp3) is 0.500. The minimum absolute atomic E-state index is 0.278. The number of rotatable bonds is 3. The number of primary amides is 1. The second kappa shape index (κ2) is 4.61. The molecule has 1 aromatic rings. The summed E-state index contributed by atoms with van der Waals surface area (Å²) in [6, 6.07) is 8.38. The SMILES string of the molecule is Cc1cccc(NC2(C(N)=O)CC(C)N(C)C2)c1. The number of hydrogen-bond acceptors (Lipinski definition) is 3. The second-order valence-electron chi connectivity index (χ2n) is 5.41. The van der Waals surface area contributed by atoms with Crippen molar-refractivity contribution in [3.63, 3.8) is 0 Å². The molecule has 1 aliphatic heterocycles. The van der Waals surface area contributed by atoms with Crippen LogP contribution in [0.3, 0.4) is 0 Å². The van der Waals surface area contributed by atoms with E-state index in [9.17, 15) is 4.79 Å². The lowest BCUT2D eigenvalue weighted by molar-refractivity contribution is -0.121. The Morgan fingerprint density at radius 3 is 2.78 bits per heavy atom. The molecule has 1 aromatic carbocycles. The van der Waals surface area contributed by atoms with E-state index in [1.807, 2.05) is 38.2 Å². The van der Waals surface area contributed by atoms with Gasteiger partial charge in [-0.05, 0) is 45.0 Å². The molecule has 1 fully saturated rings. The fourth-order valence-electron chi connectivity index (χ4n) is 2.64. The average molecular weight is 247 g/mol. The van der Waals surface area contributed by atoms with Crippen LogP contribution in [0.5, 0.6) is 0 Å². The summed E-state index contributed by atoms with van der Waals surface area (Å²) < 4.78 is 0. The predicted octanol–water partition coefficient (Wildman–Crippen LogP) is 1.36. The Kier molecular flexibility index (Phi) is 3.30. The molecule has 1 heterocycles. The number of nitrogens with two attached hydrogens (primary N) is 1. The van der Waals surface area contributed by atoms with Gasteiger partial charge in [-0.15, -0.1) is 0 Å². The van der Waals surface area contributed by atoms with Crippen molar-refractivity contribution in [1.29, 1.82) is 0 Å². The zero-order valence-corrected chi connectivity index (χ0v) is 11.2. The number of likely N-dealkylation sites (N-methyl/N-ethyl adjacent to an activating group) is 1. The van der Waals surface area contributed by atoms with Crippen LogP contribution in [0.4, 0.5) is 5.69 Å². The van der Waals surface area contributed by atoms with E-state index in [4.69, 9.17) is 5.73 Å². The number of benzene rings is 1. The number of nitrogens with zero attached hydrogens (tertiary/aromatic N) is 1. The van der Waals surface area contributed by atoms with Crippen molar-refractivity contribution in [3.8, 4) is 0 Å². The molecule has 2 rings (SSSR count). The Bertz CT molecular complexity index is 448. The minimum Gasteiger partial charge on any atom is -0.370 e. The van der Waals surface area contributed by atoms with E-state index in [0.717, 1.165) is 12.1 Å². The van der Waals surface area contributed by atoms with Gasteiger partial charge in [0, 0.05) is 18.3 Å². The first-order chi connectivity index (χ1) is 8.43. The molecule has 3 N–H and O–H groups in total. The molecule has 98 valence electrons. The normalized spacial score (nSPS) is 28.3. The highest BCUT2D eigenvalue weighted by molar-refractivity contribution is 5.89. The second-order valence-corrected chi connectivity index (χ2v) is 5.41. The highest BCUT2D eigenvalue weighted by Crippen LogP contribution is 2.29. The largest absolute Gasteiger partial charge is 0.370 e. The lowest BCUT2D eigenvalue weighted by atomic mass is 9.94. The molecular formula is C14H21N3O. The lowest BCUT2D eigenvalue weighted by Gasteiger charge is -2.28. The Hall–Kier alpha value is -1.55. The molecule has 0 aromatic heterocycles. The molecule has 4 heteroatoms. The van der Waals surface area contributed by atoms with Gasteiger partial charge in [0.25, 0.3) is 0 Å². The van der Waals surface area contributed by atoms with Gasteiger partial charge < -0.3 is 16.0 Å². The lowest BCUT2D eigenvalue weighted by Crippen LogP contribution is -2.52. The molecule has 18 heavy (non-hydrogen) atoms. The zero-order valence-electron chi connectivity index (χ0n) is 11.2. The van der Waals surface area contributed by atoms with Crippen molar-refractivity contribution >= 4 is 11.6 Å². The molecule has 0 bridgehead atoms. The molecule has 1 saturated heterocycles. The molecule has 1 aliphatic rings. The van der Waals surface area contributed by atoms with Crippen molar-refractivity contribution in [1.82, 2.24) is 4.90 Å². The summed E-state index contributed by atoms with van der Waals surface area (Å²) in [6.07, 6.45) is 0.743. The zero-order chi connectivity index (χ0) is 13.3. The van der Waals surface area contributed by atoms with Crippen LogP contribution in [0.1, 0.15) is 18.9 Å². The Morgan fingerprint density at radius 2 is 2.28 bits per heavy atom. The Labute approximate surface area is 108 Å². The van der Waals surface area contributed by atoms with E-state index in [1.54, 1.807) is 0 Å². The van der Waals surface area contributed by atoms with E-state index in [-0.39, 0.29) is 5.91 Å². The number of hydrogen-bond donors (Lipinski definition) is 2. The molecule has 4 nitrogen and oxygen atoms in total. The third kappa shape index (κ3) is 2.34. The predicted molar refractivity (Wildman–Crippen MR) is 73.4 cm³/mol. The van der Waals surface area contributed by atoms with Crippen LogP contribution in [0.25, 0.3) is 0 Å². The summed E-state index contributed by atoms with van der Waals surface area (Å²) in [5.41, 5.74) is 7.08. The topological polar surface area (TPSA) is 58.4 Å². The standard InChI is InChI=1S/C14H21N3O/c1-10-5-4-6-12(7-10)16-14(13(15)18)8-11(2)17(3)9-14/h4-7,11,16H,8-9H2,1-3H3,(H2,15,18). The first-order valence-electron chi connectivity index (χ1n) is 6.28. The quantitative estimate of drug-likeness (QED) is 0.848. The number of nitrogens with one attached hydrogen (secondary N) is 1. The van der Waals surface area contributed by atoms with Crippen molar-refractivity contribution in [2.75, 3.05) is 18.9 Å². The van der Waals surface area contributed by atoms with Gasteiger partial charge in [0.2, 0.25) is 5.91 Å². The fourth-order valence-corrected chi connectivity index (χ4v) is 2.64. The number of likely N-dealkylation sites (tertiary alicyclic amines) is 1. The summed E-state index contributed by atoms with van der Waals surface area (Å²) in [5, 5.41) is 3.34. The Balaban J connectivity index is 2.25. The minimum atomic E-state index is -0.651. The molecule has 0 saturated carbocycles. The molecule has 1 amide bonds. The van der Waals surface area contributed by atoms with E-state index >= 15 is 0 Å². The maximum Gasteiger partial charge on any atom is 0.244 e. The molecule has 0 radical (unpaired) electrons. The summed E-state index contributed by atoms with van der Waals surface area (Å²) in [5.74, 6) is -0.278. The first kappa shape index (κ1) is 12.9. The van der Waals surface area contributed by atoms with Crippen LogP contribution in [-0.4, -0.2) is 36.0 Å².